The van der Waals surface area contributed by atoms with E-state index in [1.165, 1.54) is 25.3 Å². The topological polar surface area (TPSA) is 17.8 Å². The van der Waals surface area contributed by atoms with Crippen molar-refractivity contribution in [1.29, 1.82) is 0 Å². The average molecular weight is 309 g/mol. The molecular formula is C17H22ClFN2. The lowest BCUT2D eigenvalue weighted by atomic mass is 9.77. The zero-order valence-corrected chi connectivity index (χ0v) is 13.4. The number of hydrogen-bond donors (Lipinski definition) is 0. The van der Waals surface area contributed by atoms with Crippen molar-refractivity contribution in [3.8, 4) is 0 Å². The van der Waals surface area contributed by atoms with E-state index >= 15 is 0 Å². The highest BCUT2D eigenvalue weighted by molar-refractivity contribution is 6.16. The van der Waals surface area contributed by atoms with Gasteiger partial charge in [-0.1, -0.05) is 26.7 Å². The Kier molecular flexibility index (Phi) is 4.21. The highest BCUT2D eigenvalue weighted by Crippen LogP contribution is 2.41. The molecule has 1 aliphatic rings. The fourth-order valence-electron chi connectivity index (χ4n) is 3.82. The molecule has 1 heterocycles. The number of fused-ring (bicyclic) bond motifs is 1. The van der Waals surface area contributed by atoms with Crippen LogP contribution in [-0.4, -0.2) is 9.55 Å². The monoisotopic (exact) mass is 308 g/mol. The summed E-state index contributed by atoms with van der Waals surface area (Å²) in [5, 5.41) is 0. The minimum absolute atomic E-state index is 0.207. The molecule has 1 aromatic heterocycles. The van der Waals surface area contributed by atoms with E-state index in [0.717, 1.165) is 23.3 Å². The third-order valence-corrected chi connectivity index (χ3v) is 5.05. The lowest BCUT2D eigenvalue weighted by Crippen LogP contribution is -2.28. The lowest BCUT2D eigenvalue weighted by molar-refractivity contribution is 0.185. The standard InChI is InChI=1S/C17H22ClFN2/c1-11(2)13-5-3-4-6-15(13)21-16-9-12(19)7-8-14(16)20-17(21)10-18/h7-9,11,13,15H,3-6,10H2,1-2H3. The summed E-state index contributed by atoms with van der Waals surface area (Å²) in [6, 6.07) is 5.21. The Bertz CT molecular complexity index is 635. The number of nitrogens with zero attached hydrogens (tertiary/aromatic N) is 2. The summed E-state index contributed by atoms with van der Waals surface area (Å²) in [6.07, 6.45) is 4.88. The summed E-state index contributed by atoms with van der Waals surface area (Å²) in [6.45, 7) is 4.56. The van der Waals surface area contributed by atoms with E-state index in [4.69, 9.17) is 11.6 Å². The van der Waals surface area contributed by atoms with Crippen molar-refractivity contribution in [2.75, 3.05) is 0 Å². The highest BCUT2D eigenvalue weighted by atomic mass is 35.5. The molecule has 1 fully saturated rings. The Morgan fingerprint density at radius 3 is 2.81 bits per heavy atom. The van der Waals surface area contributed by atoms with Crippen molar-refractivity contribution in [2.24, 2.45) is 11.8 Å². The van der Waals surface area contributed by atoms with Crippen LogP contribution in [-0.2, 0) is 5.88 Å². The first kappa shape index (κ1) is 14.8. The quantitative estimate of drug-likeness (QED) is 0.703. The smallest absolute Gasteiger partial charge is 0.125 e. The summed E-state index contributed by atoms with van der Waals surface area (Å²) in [5.41, 5.74) is 1.74. The molecule has 0 spiro atoms. The van der Waals surface area contributed by atoms with E-state index in [1.54, 1.807) is 12.1 Å². The normalized spacial score (nSPS) is 23.1. The van der Waals surface area contributed by atoms with Crippen molar-refractivity contribution in [3.63, 3.8) is 0 Å². The minimum Gasteiger partial charge on any atom is -0.323 e. The molecule has 0 saturated heterocycles. The molecule has 2 unspecified atom stereocenters. The zero-order chi connectivity index (χ0) is 15.0. The summed E-state index contributed by atoms with van der Waals surface area (Å²) in [5.74, 6) is 2.26. The van der Waals surface area contributed by atoms with E-state index in [0.29, 0.717) is 23.8 Å². The van der Waals surface area contributed by atoms with Crippen molar-refractivity contribution in [2.45, 2.75) is 51.5 Å². The Morgan fingerprint density at radius 2 is 2.10 bits per heavy atom. The second-order valence-electron chi connectivity index (χ2n) is 6.42. The molecule has 2 atom stereocenters. The molecule has 0 aliphatic heterocycles. The van der Waals surface area contributed by atoms with Gasteiger partial charge >= 0.3 is 0 Å². The molecule has 21 heavy (non-hydrogen) atoms. The van der Waals surface area contributed by atoms with Crippen LogP contribution in [0, 0.1) is 17.7 Å². The predicted octanol–water partition coefficient (Wildman–Crippen LogP) is 5.30. The van der Waals surface area contributed by atoms with Crippen molar-refractivity contribution in [1.82, 2.24) is 9.55 Å². The summed E-state index contributed by atoms with van der Waals surface area (Å²) in [4.78, 5) is 4.61. The molecule has 0 bridgehead atoms. The molecule has 1 aromatic carbocycles. The van der Waals surface area contributed by atoms with Gasteiger partial charge in [0.05, 0.1) is 16.9 Å². The van der Waals surface area contributed by atoms with E-state index in [-0.39, 0.29) is 5.82 Å². The van der Waals surface area contributed by atoms with Crippen LogP contribution in [0.5, 0.6) is 0 Å². The van der Waals surface area contributed by atoms with Crippen molar-refractivity contribution in [3.05, 3.63) is 29.8 Å². The minimum atomic E-state index is -0.207. The van der Waals surface area contributed by atoms with E-state index in [2.05, 4.69) is 23.4 Å². The summed E-state index contributed by atoms with van der Waals surface area (Å²) >= 11 is 6.11. The Hall–Kier alpha value is -1.09. The van der Waals surface area contributed by atoms with Gasteiger partial charge in [-0.25, -0.2) is 9.37 Å². The average Bonchev–Trinajstić information content (AvgIpc) is 2.84. The molecule has 114 valence electrons. The number of aromatic nitrogens is 2. The van der Waals surface area contributed by atoms with E-state index < -0.39 is 0 Å². The second-order valence-corrected chi connectivity index (χ2v) is 6.69. The van der Waals surface area contributed by atoms with E-state index in [9.17, 15) is 4.39 Å². The van der Waals surface area contributed by atoms with Crippen LogP contribution >= 0.6 is 11.6 Å². The first-order chi connectivity index (χ1) is 10.1. The van der Waals surface area contributed by atoms with Gasteiger partial charge in [-0.2, -0.15) is 0 Å². The number of rotatable bonds is 3. The van der Waals surface area contributed by atoms with E-state index in [1.807, 2.05) is 0 Å². The van der Waals surface area contributed by atoms with Gasteiger partial charge in [-0.3, -0.25) is 0 Å². The SMILES string of the molecule is CC(C)C1CCCCC1n1c(CCl)nc2ccc(F)cc21. The van der Waals surface area contributed by atoms with Gasteiger partial charge in [0.1, 0.15) is 11.6 Å². The molecule has 1 saturated carbocycles. The fourth-order valence-corrected chi connectivity index (χ4v) is 4.01. The van der Waals surface area contributed by atoms with Crippen LogP contribution in [0.15, 0.2) is 18.2 Å². The maximum absolute atomic E-state index is 13.7. The number of halogens is 2. The first-order valence-electron chi connectivity index (χ1n) is 7.84. The van der Waals surface area contributed by atoms with Gasteiger partial charge in [-0.05, 0) is 42.9 Å². The molecule has 0 amide bonds. The Labute approximate surface area is 130 Å². The van der Waals surface area contributed by atoms with Crippen LogP contribution in [0.2, 0.25) is 0 Å². The second kappa shape index (κ2) is 5.96. The van der Waals surface area contributed by atoms with Crippen LogP contribution < -0.4 is 0 Å². The zero-order valence-electron chi connectivity index (χ0n) is 12.6. The maximum Gasteiger partial charge on any atom is 0.125 e. The molecular weight excluding hydrogens is 287 g/mol. The Morgan fingerprint density at radius 1 is 1.33 bits per heavy atom. The van der Waals surface area contributed by atoms with Crippen LogP contribution in [0.3, 0.4) is 0 Å². The Balaban J connectivity index is 2.14. The maximum atomic E-state index is 13.7. The van der Waals surface area contributed by atoms with Gasteiger partial charge in [0.15, 0.2) is 0 Å². The molecule has 0 N–H and O–H groups in total. The third-order valence-electron chi connectivity index (χ3n) is 4.81. The van der Waals surface area contributed by atoms with Crippen LogP contribution in [0.1, 0.15) is 51.4 Å². The third kappa shape index (κ3) is 2.68. The summed E-state index contributed by atoms with van der Waals surface area (Å²) < 4.78 is 15.9. The number of imidazole rings is 1. The van der Waals surface area contributed by atoms with Crippen LogP contribution in [0.4, 0.5) is 4.39 Å². The number of alkyl halides is 1. The first-order valence-corrected chi connectivity index (χ1v) is 8.37. The summed E-state index contributed by atoms with van der Waals surface area (Å²) in [7, 11) is 0. The van der Waals surface area contributed by atoms with Gasteiger partial charge in [0.2, 0.25) is 0 Å². The molecule has 4 heteroatoms. The van der Waals surface area contributed by atoms with Crippen LogP contribution in [0.25, 0.3) is 11.0 Å². The molecule has 0 radical (unpaired) electrons. The fraction of sp³-hybridized carbons (Fsp3) is 0.588. The molecule has 3 rings (SSSR count). The molecule has 2 nitrogen and oxygen atoms in total. The number of benzene rings is 1. The highest BCUT2D eigenvalue weighted by Gasteiger charge is 2.31. The molecule has 1 aliphatic carbocycles. The van der Waals surface area contributed by atoms with Crippen molar-refractivity contribution >= 4 is 22.6 Å². The van der Waals surface area contributed by atoms with Gasteiger partial charge < -0.3 is 4.57 Å². The van der Waals surface area contributed by atoms with Gasteiger partial charge in [0.25, 0.3) is 0 Å². The lowest BCUT2D eigenvalue weighted by Gasteiger charge is -2.36. The molecule has 2 aromatic rings. The van der Waals surface area contributed by atoms with Crippen molar-refractivity contribution < 1.29 is 4.39 Å². The number of hydrogen-bond acceptors (Lipinski definition) is 1. The predicted molar refractivity (Wildman–Crippen MR) is 85.1 cm³/mol. The van der Waals surface area contributed by atoms with Gasteiger partial charge in [-0.15, -0.1) is 11.6 Å². The van der Waals surface area contributed by atoms with Gasteiger partial charge in [0, 0.05) is 6.04 Å². The largest absolute Gasteiger partial charge is 0.323 e.